The first kappa shape index (κ1) is 16.1. The molecule has 0 fully saturated rings. The molecule has 1 unspecified atom stereocenters. The second-order valence-corrected chi connectivity index (χ2v) is 7.50. The lowest BCUT2D eigenvalue weighted by molar-refractivity contribution is 0.651. The number of benzene rings is 1. The third kappa shape index (κ3) is 4.10. The fourth-order valence-corrected chi connectivity index (χ4v) is 3.93. The summed E-state index contributed by atoms with van der Waals surface area (Å²) in [6.45, 7) is 2.00. The second-order valence-electron chi connectivity index (χ2n) is 4.70. The van der Waals surface area contributed by atoms with E-state index in [1.807, 2.05) is 30.8 Å². The van der Waals surface area contributed by atoms with Crippen LogP contribution in [0, 0.1) is 6.92 Å². The van der Waals surface area contributed by atoms with Gasteiger partial charge in [0.2, 0.25) is 0 Å². The van der Waals surface area contributed by atoms with Crippen LogP contribution in [0.5, 0.6) is 0 Å². The van der Waals surface area contributed by atoms with Crippen LogP contribution in [0.1, 0.15) is 11.4 Å². The van der Waals surface area contributed by atoms with Gasteiger partial charge >= 0.3 is 0 Å². The van der Waals surface area contributed by atoms with Crippen molar-refractivity contribution in [1.29, 1.82) is 0 Å². The minimum absolute atomic E-state index is 0.102. The van der Waals surface area contributed by atoms with Crippen molar-refractivity contribution in [3.8, 4) is 0 Å². The Hall–Kier alpha value is -0.300. The molecule has 0 spiro atoms. The molecule has 0 aliphatic rings. The topological polar surface area (TPSA) is 43.8 Å². The van der Waals surface area contributed by atoms with Gasteiger partial charge in [-0.3, -0.25) is 4.68 Å². The van der Waals surface area contributed by atoms with Gasteiger partial charge in [0.15, 0.2) is 0 Å². The Kier molecular flexibility index (Phi) is 5.72. The average molecular weight is 419 g/mol. The van der Waals surface area contributed by atoms with E-state index in [1.165, 1.54) is 4.90 Å². The molecule has 3 nitrogen and oxygen atoms in total. The van der Waals surface area contributed by atoms with Crippen LogP contribution in [0.15, 0.2) is 38.1 Å². The number of thioether (sulfide) groups is 1. The summed E-state index contributed by atoms with van der Waals surface area (Å²) in [4.78, 5) is 1.23. The van der Waals surface area contributed by atoms with Crippen LogP contribution in [-0.4, -0.2) is 21.6 Å². The Morgan fingerprint density at radius 2 is 2.15 bits per heavy atom. The number of hydrogen-bond donors (Lipinski definition) is 1. The maximum Gasteiger partial charge on any atom is 0.0738 e. The number of hydrogen-bond acceptors (Lipinski definition) is 3. The van der Waals surface area contributed by atoms with Crippen molar-refractivity contribution in [2.45, 2.75) is 24.3 Å². The zero-order chi connectivity index (χ0) is 14.7. The summed E-state index contributed by atoms with van der Waals surface area (Å²) in [6.07, 6.45) is 0.818. The first-order valence-electron chi connectivity index (χ1n) is 6.29. The highest BCUT2D eigenvalue weighted by molar-refractivity contribution is 9.10. The highest BCUT2D eigenvalue weighted by Gasteiger charge is 2.14. The van der Waals surface area contributed by atoms with Gasteiger partial charge in [-0.15, -0.1) is 11.8 Å². The van der Waals surface area contributed by atoms with Gasteiger partial charge in [0.25, 0.3) is 0 Å². The van der Waals surface area contributed by atoms with Crippen molar-refractivity contribution in [2.24, 2.45) is 12.8 Å². The Morgan fingerprint density at radius 3 is 2.75 bits per heavy atom. The van der Waals surface area contributed by atoms with Crippen LogP contribution in [0.4, 0.5) is 0 Å². The van der Waals surface area contributed by atoms with Crippen molar-refractivity contribution in [1.82, 2.24) is 9.78 Å². The van der Waals surface area contributed by atoms with Gasteiger partial charge in [0.1, 0.15) is 0 Å². The van der Waals surface area contributed by atoms with Crippen LogP contribution < -0.4 is 5.73 Å². The molecule has 1 atom stereocenters. The van der Waals surface area contributed by atoms with Crippen molar-refractivity contribution in [3.63, 3.8) is 0 Å². The fourth-order valence-electron chi connectivity index (χ4n) is 1.97. The van der Waals surface area contributed by atoms with Crippen molar-refractivity contribution in [3.05, 3.63) is 44.6 Å². The molecular formula is C14H17Br2N3S. The van der Waals surface area contributed by atoms with Gasteiger partial charge < -0.3 is 5.73 Å². The standard InChI is InChI=1S/C14H17Br2N3S/c1-9-14(16)13(19(2)18-9)7-11(17)8-20-12-5-3-4-10(15)6-12/h3-6,11H,7-8,17H2,1-2H3. The molecule has 1 heterocycles. The monoisotopic (exact) mass is 417 g/mol. The molecule has 1 aromatic carbocycles. The molecule has 0 aliphatic carbocycles. The predicted octanol–water partition coefficient (Wildman–Crippen LogP) is 3.92. The molecule has 0 saturated heterocycles. The lowest BCUT2D eigenvalue weighted by atomic mass is 10.2. The fraction of sp³-hybridized carbons (Fsp3) is 0.357. The normalized spacial score (nSPS) is 12.7. The van der Waals surface area contributed by atoms with Crippen molar-refractivity contribution in [2.75, 3.05) is 5.75 Å². The molecule has 0 bridgehead atoms. The van der Waals surface area contributed by atoms with E-state index in [4.69, 9.17) is 5.73 Å². The quantitative estimate of drug-likeness (QED) is 0.748. The van der Waals surface area contributed by atoms with E-state index in [2.05, 4.69) is 49.1 Å². The summed E-state index contributed by atoms with van der Waals surface area (Å²) >= 11 is 8.85. The predicted molar refractivity (Wildman–Crippen MR) is 92.2 cm³/mol. The zero-order valence-corrected chi connectivity index (χ0v) is 15.4. The van der Waals surface area contributed by atoms with Gasteiger partial charge in [-0.2, -0.15) is 5.10 Å². The number of nitrogens with zero attached hydrogens (tertiary/aromatic N) is 2. The maximum absolute atomic E-state index is 6.24. The lowest BCUT2D eigenvalue weighted by Gasteiger charge is -2.12. The highest BCUT2D eigenvalue weighted by Crippen LogP contribution is 2.25. The molecule has 0 saturated carbocycles. The Labute approximate surface area is 140 Å². The molecule has 2 rings (SSSR count). The van der Waals surface area contributed by atoms with E-state index in [1.54, 1.807) is 11.8 Å². The van der Waals surface area contributed by atoms with Gasteiger partial charge in [-0.05, 0) is 41.1 Å². The van der Waals surface area contributed by atoms with E-state index < -0.39 is 0 Å². The Balaban J connectivity index is 1.94. The molecular weight excluding hydrogens is 402 g/mol. The minimum Gasteiger partial charge on any atom is -0.327 e. The molecule has 0 radical (unpaired) electrons. The highest BCUT2D eigenvalue weighted by atomic mass is 79.9. The van der Waals surface area contributed by atoms with Crippen LogP contribution in [0.25, 0.3) is 0 Å². The summed E-state index contributed by atoms with van der Waals surface area (Å²) < 4.78 is 4.08. The number of rotatable bonds is 5. The summed E-state index contributed by atoms with van der Waals surface area (Å²) in [5.74, 6) is 0.882. The summed E-state index contributed by atoms with van der Waals surface area (Å²) in [7, 11) is 1.96. The van der Waals surface area contributed by atoms with E-state index in [0.29, 0.717) is 0 Å². The molecule has 0 aliphatic heterocycles. The first-order chi connectivity index (χ1) is 9.47. The number of aromatic nitrogens is 2. The van der Waals surface area contributed by atoms with Crippen LogP contribution in [0.3, 0.4) is 0 Å². The Bertz CT molecular complexity index is 598. The summed E-state index contributed by atoms with van der Waals surface area (Å²) in [6, 6.07) is 8.39. The molecule has 108 valence electrons. The molecule has 2 aromatic rings. The van der Waals surface area contributed by atoms with Crippen LogP contribution in [-0.2, 0) is 13.5 Å². The van der Waals surface area contributed by atoms with E-state index in [0.717, 1.165) is 32.5 Å². The van der Waals surface area contributed by atoms with Crippen molar-refractivity contribution < 1.29 is 0 Å². The summed E-state index contributed by atoms with van der Waals surface area (Å²) in [5.41, 5.74) is 8.41. The first-order valence-corrected chi connectivity index (χ1v) is 8.86. The van der Waals surface area contributed by atoms with Gasteiger partial charge in [0, 0.05) is 34.6 Å². The van der Waals surface area contributed by atoms with Crippen LogP contribution in [0.2, 0.25) is 0 Å². The lowest BCUT2D eigenvalue weighted by Crippen LogP contribution is -2.26. The third-order valence-corrected chi connectivity index (χ3v) is 5.68. The number of halogens is 2. The zero-order valence-electron chi connectivity index (χ0n) is 11.4. The van der Waals surface area contributed by atoms with Gasteiger partial charge in [0.05, 0.1) is 15.9 Å². The number of aryl methyl sites for hydroxylation is 2. The molecule has 0 amide bonds. The largest absolute Gasteiger partial charge is 0.327 e. The smallest absolute Gasteiger partial charge is 0.0738 e. The maximum atomic E-state index is 6.24. The second kappa shape index (κ2) is 7.11. The summed E-state index contributed by atoms with van der Waals surface area (Å²) in [5, 5.41) is 4.39. The molecule has 6 heteroatoms. The molecule has 1 aromatic heterocycles. The van der Waals surface area contributed by atoms with E-state index in [-0.39, 0.29) is 6.04 Å². The minimum atomic E-state index is 0.102. The molecule has 20 heavy (non-hydrogen) atoms. The SMILES string of the molecule is Cc1nn(C)c(CC(N)CSc2cccc(Br)c2)c1Br. The van der Waals surface area contributed by atoms with Crippen LogP contribution >= 0.6 is 43.6 Å². The van der Waals surface area contributed by atoms with Gasteiger partial charge in [-0.1, -0.05) is 22.0 Å². The van der Waals surface area contributed by atoms with E-state index in [9.17, 15) is 0 Å². The van der Waals surface area contributed by atoms with Crippen molar-refractivity contribution >= 4 is 43.6 Å². The molecule has 2 N–H and O–H groups in total. The Morgan fingerprint density at radius 1 is 1.40 bits per heavy atom. The average Bonchev–Trinajstić information content (AvgIpc) is 2.63. The van der Waals surface area contributed by atoms with Gasteiger partial charge in [-0.25, -0.2) is 0 Å². The number of nitrogens with two attached hydrogens (primary N) is 1. The third-order valence-electron chi connectivity index (χ3n) is 2.98. The van der Waals surface area contributed by atoms with E-state index >= 15 is 0 Å².